The normalized spacial score (nSPS) is 19.4. The Morgan fingerprint density at radius 3 is 3.00 bits per heavy atom. The van der Waals surface area contributed by atoms with Crippen LogP contribution in [0.3, 0.4) is 0 Å². The highest BCUT2D eigenvalue weighted by atomic mass is 16.3. The van der Waals surface area contributed by atoms with Crippen LogP contribution in [-0.4, -0.2) is 29.7 Å². The third-order valence-electron chi connectivity index (χ3n) is 2.28. The highest BCUT2D eigenvalue weighted by Crippen LogP contribution is 2.17. The van der Waals surface area contributed by atoms with Crippen molar-refractivity contribution in [2.75, 3.05) is 19.7 Å². The second kappa shape index (κ2) is 3.29. The molecule has 1 aliphatic heterocycles. The first-order valence-electron chi connectivity index (χ1n) is 4.23. The van der Waals surface area contributed by atoms with Crippen molar-refractivity contribution >= 4 is 0 Å². The average molecular weight is 167 g/mol. The van der Waals surface area contributed by atoms with Crippen LogP contribution in [0.1, 0.15) is 5.56 Å². The van der Waals surface area contributed by atoms with E-state index >= 15 is 0 Å². The van der Waals surface area contributed by atoms with Crippen LogP contribution in [0.25, 0.3) is 0 Å². The van der Waals surface area contributed by atoms with Crippen LogP contribution in [0.15, 0.2) is 23.0 Å². The summed E-state index contributed by atoms with van der Waals surface area (Å²) in [4.78, 5) is 2.30. The molecule has 2 heterocycles. The van der Waals surface area contributed by atoms with Gasteiger partial charge in [0.1, 0.15) is 0 Å². The molecule has 1 aromatic heterocycles. The molecule has 2 rings (SSSR count). The van der Waals surface area contributed by atoms with E-state index in [4.69, 9.17) is 9.52 Å². The van der Waals surface area contributed by atoms with E-state index in [-0.39, 0.29) is 0 Å². The lowest BCUT2D eigenvalue weighted by molar-refractivity contribution is 0.0478. The summed E-state index contributed by atoms with van der Waals surface area (Å²) in [5.41, 5.74) is 1.21. The van der Waals surface area contributed by atoms with Crippen LogP contribution in [0.4, 0.5) is 0 Å². The highest BCUT2D eigenvalue weighted by molar-refractivity contribution is 5.05. The highest BCUT2D eigenvalue weighted by Gasteiger charge is 2.25. The summed E-state index contributed by atoms with van der Waals surface area (Å²) in [5, 5.41) is 8.78. The molecule has 1 aliphatic rings. The van der Waals surface area contributed by atoms with Gasteiger partial charge in [-0.05, 0) is 6.07 Å². The predicted molar refractivity (Wildman–Crippen MR) is 44.6 cm³/mol. The van der Waals surface area contributed by atoms with Gasteiger partial charge in [-0.25, -0.2) is 0 Å². The minimum Gasteiger partial charge on any atom is -0.472 e. The van der Waals surface area contributed by atoms with Crippen molar-refractivity contribution in [3.05, 3.63) is 24.2 Å². The van der Waals surface area contributed by atoms with Gasteiger partial charge < -0.3 is 9.52 Å². The summed E-state index contributed by atoms with van der Waals surface area (Å²) >= 11 is 0. The lowest BCUT2D eigenvalue weighted by Crippen LogP contribution is -2.47. The summed E-state index contributed by atoms with van der Waals surface area (Å²) in [7, 11) is 0. The molecule has 3 heteroatoms. The molecule has 1 saturated heterocycles. The van der Waals surface area contributed by atoms with Crippen molar-refractivity contribution in [3.63, 3.8) is 0 Å². The molecule has 0 unspecified atom stereocenters. The molecule has 66 valence electrons. The molecule has 12 heavy (non-hydrogen) atoms. The Morgan fingerprint density at radius 1 is 1.58 bits per heavy atom. The van der Waals surface area contributed by atoms with Crippen LogP contribution in [-0.2, 0) is 6.54 Å². The van der Waals surface area contributed by atoms with Crippen LogP contribution < -0.4 is 0 Å². The van der Waals surface area contributed by atoms with Crippen LogP contribution in [0.2, 0.25) is 0 Å². The molecule has 0 amide bonds. The minimum absolute atomic E-state index is 0.321. The summed E-state index contributed by atoms with van der Waals surface area (Å²) in [5.74, 6) is 0.497. The van der Waals surface area contributed by atoms with E-state index in [9.17, 15) is 0 Å². The van der Waals surface area contributed by atoms with Gasteiger partial charge in [-0.1, -0.05) is 0 Å². The van der Waals surface area contributed by atoms with Gasteiger partial charge >= 0.3 is 0 Å². The molecule has 0 spiro atoms. The van der Waals surface area contributed by atoms with E-state index in [0.29, 0.717) is 12.5 Å². The number of rotatable bonds is 3. The molecular weight excluding hydrogens is 154 g/mol. The Kier molecular flexibility index (Phi) is 2.15. The Morgan fingerprint density at radius 2 is 2.42 bits per heavy atom. The number of hydrogen-bond donors (Lipinski definition) is 1. The molecule has 3 nitrogen and oxygen atoms in total. The van der Waals surface area contributed by atoms with E-state index in [1.54, 1.807) is 12.5 Å². The van der Waals surface area contributed by atoms with Gasteiger partial charge in [0.25, 0.3) is 0 Å². The quantitative estimate of drug-likeness (QED) is 0.720. The summed E-state index contributed by atoms with van der Waals surface area (Å²) in [6, 6.07) is 1.98. The Balaban J connectivity index is 1.77. The number of likely N-dealkylation sites (tertiary alicyclic amines) is 1. The average Bonchev–Trinajstić information content (AvgIpc) is 2.47. The predicted octanol–water partition coefficient (Wildman–Crippen LogP) is 0.704. The number of furan rings is 1. The number of hydrogen-bond acceptors (Lipinski definition) is 3. The Hall–Kier alpha value is -0.800. The third-order valence-corrected chi connectivity index (χ3v) is 2.28. The number of aliphatic hydroxyl groups excluding tert-OH is 1. The topological polar surface area (TPSA) is 36.6 Å². The monoisotopic (exact) mass is 167 g/mol. The van der Waals surface area contributed by atoms with E-state index in [0.717, 1.165) is 19.6 Å². The molecule has 0 aliphatic carbocycles. The van der Waals surface area contributed by atoms with Crippen molar-refractivity contribution in [3.8, 4) is 0 Å². The van der Waals surface area contributed by atoms with Gasteiger partial charge in [0.15, 0.2) is 0 Å². The van der Waals surface area contributed by atoms with E-state index in [1.165, 1.54) is 5.56 Å². The molecule has 1 aromatic rings. The van der Waals surface area contributed by atoms with Gasteiger partial charge in [-0.15, -0.1) is 0 Å². The van der Waals surface area contributed by atoms with Crippen molar-refractivity contribution < 1.29 is 9.52 Å². The first-order valence-corrected chi connectivity index (χ1v) is 4.23. The lowest BCUT2D eigenvalue weighted by Gasteiger charge is -2.37. The van der Waals surface area contributed by atoms with Gasteiger partial charge in [-0.2, -0.15) is 0 Å². The number of nitrogens with zero attached hydrogens (tertiary/aromatic N) is 1. The molecule has 0 bridgehead atoms. The third kappa shape index (κ3) is 1.52. The molecule has 0 radical (unpaired) electrons. The van der Waals surface area contributed by atoms with Crippen molar-refractivity contribution in [1.82, 2.24) is 4.90 Å². The SMILES string of the molecule is OCC1CN(Cc2ccoc2)C1. The molecule has 0 saturated carbocycles. The number of aliphatic hydroxyl groups is 1. The summed E-state index contributed by atoms with van der Waals surface area (Å²) < 4.78 is 4.96. The van der Waals surface area contributed by atoms with Crippen molar-refractivity contribution in [2.24, 2.45) is 5.92 Å². The Labute approximate surface area is 71.6 Å². The zero-order chi connectivity index (χ0) is 8.39. The van der Waals surface area contributed by atoms with Crippen LogP contribution in [0.5, 0.6) is 0 Å². The maximum Gasteiger partial charge on any atom is 0.0947 e. The molecular formula is C9H13NO2. The van der Waals surface area contributed by atoms with Crippen LogP contribution >= 0.6 is 0 Å². The minimum atomic E-state index is 0.321. The van der Waals surface area contributed by atoms with E-state index in [1.807, 2.05) is 6.07 Å². The van der Waals surface area contributed by atoms with Crippen molar-refractivity contribution in [2.45, 2.75) is 6.54 Å². The standard InChI is InChI=1S/C9H13NO2/c11-6-9-4-10(5-9)3-8-1-2-12-7-8/h1-2,7,9,11H,3-6H2. The fourth-order valence-corrected chi connectivity index (χ4v) is 1.56. The lowest BCUT2D eigenvalue weighted by atomic mass is 10.0. The molecule has 1 fully saturated rings. The van der Waals surface area contributed by atoms with Crippen LogP contribution in [0, 0.1) is 5.92 Å². The van der Waals surface area contributed by atoms with Gasteiger partial charge in [-0.3, -0.25) is 4.90 Å². The zero-order valence-electron chi connectivity index (χ0n) is 6.94. The molecule has 1 N–H and O–H groups in total. The summed E-state index contributed by atoms with van der Waals surface area (Å²) in [6.07, 6.45) is 3.46. The second-order valence-electron chi connectivity index (χ2n) is 3.37. The van der Waals surface area contributed by atoms with Gasteiger partial charge in [0, 0.05) is 37.7 Å². The molecule has 0 atom stereocenters. The fourth-order valence-electron chi connectivity index (χ4n) is 1.56. The Bertz CT molecular complexity index is 227. The fraction of sp³-hybridized carbons (Fsp3) is 0.556. The first-order chi connectivity index (χ1) is 5.88. The maximum atomic E-state index is 8.78. The van der Waals surface area contributed by atoms with E-state index < -0.39 is 0 Å². The summed E-state index contributed by atoms with van der Waals surface area (Å²) in [6.45, 7) is 3.30. The zero-order valence-corrected chi connectivity index (χ0v) is 6.94. The smallest absolute Gasteiger partial charge is 0.0947 e. The van der Waals surface area contributed by atoms with Gasteiger partial charge in [0.05, 0.1) is 12.5 Å². The largest absolute Gasteiger partial charge is 0.472 e. The van der Waals surface area contributed by atoms with Crippen molar-refractivity contribution in [1.29, 1.82) is 0 Å². The maximum absolute atomic E-state index is 8.78. The van der Waals surface area contributed by atoms with E-state index in [2.05, 4.69) is 4.90 Å². The second-order valence-corrected chi connectivity index (χ2v) is 3.37. The first kappa shape index (κ1) is 7.83. The van der Waals surface area contributed by atoms with Gasteiger partial charge in [0.2, 0.25) is 0 Å². The molecule has 0 aromatic carbocycles.